The zero-order valence-electron chi connectivity index (χ0n) is 8.03. The fraction of sp³-hybridized carbons (Fsp3) is 0.400. The van der Waals surface area contributed by atoms with E-state index in [1.807, 2.05) is 13.0 Å². The SMILES string of the molecule is CCNCC(Cl)c1cccc(O)c1.Cl. The molecular formula is C10H15Cl2NO. The largest absolute Gasteiger partial charge is 0.508 e. The molecule has 0 aliphatic rings. The summed E-state index contributed by atoms with van der Waals surface area (Å²) < 4.78 is 0. The molecule has 0 heterocycles. The standard InChI is InChI=1S/C10H14ClNO.ClH/c1-2-12-7-10(11)8-4-3-5-9(13)6-8;/h3-6,10,12-13H,2,7H2,1H3;1H. The third-order valence-electron chi connectivity index (χ3n) is 1.81. The van der Waals surface area contributed by atoms with Crippen LogP contribution in [0.25, 0.3) is 0 Å². The minimum absolute atomic E-state index is 0. The number of halogens is 2. The van der Waals surface area contributed by atoms with Crippen molar-refractivity contribution in [1.82, 2.24) is 5.32 Å². The molecule has 1 atom stereocenters. The molecule has 0 aromatic heterocycles. The molecule has 0 spiro atoms. The third kappa shape index (κ3) is 4.18. The average molecular weight is 236 g/mol. The van der Waals surface area contributed by atoms with Crippen molar-refractivity contribution in [1.29, 1.82) is 0 Å². The van der Waals surface area contributed by atoms with E-state index in [4.69, 9.17) is 11.6 Å². The Bertz CT molecular complexity index is 268. The molecule has 14 heavy (non-hydrogen) atoms. The number of nitrogens with one attached hydrogen (secondary N) is 1. The molecule has 4 heteroatoms. The Morgan fingerprint density at radius 3 is 2.79 bits per heavy atom. The van der Waals surface area contributed by atoms with Gasteiger partial charge in [0.1, 0.15) is 5.75 Å². The normalized spacial score (nSPS) is 11.9. The highest BCUT2D eigenvalue weighted by Crippen LogP contribution is 2.22. The molecule has 0 aliphatic carbocycles. The number of likely N-dealkylation sites (N-methyl/N-ethyl adjacent to an activating group) is 1. The predicted molar refractivity (Wildman–Crippen MR) is 62.5 cm³/mol. The lowest BCUT2D eigenvalue weighted by molar-refractivity contribution is 0.474. The van der Waals surface area contributed by atoms with E-state index in [0.29, 0.717) is 0 Å². The summed E-state index contributed by atoms with van der Waals surface area (Å²) in [5.41, 5.74) is 0.947. The van der Waals surface area contributed by atoms with Gasteiger partial charge < -0.3 is 10.4 Å². The molecule has 2 N–H and O–H groups in total. The van der Waals surface area contributed by atoms with Gasteiger partial charge in [-0.25, -0.2) is 0 Å². The molecule has 1 aromatic rings. The van der Waals surface area contributed by atoms with E-state index in [1.54, 1.807) is 18.2 Å². The summed E-state index contributed by atoms with van der Waals surface area (Å²) in [4.78, 5) is 0. The Labute approximate surface area is 95.7 Å². The van der Waals surface area contributed by atoms with Gasteiger partial charge in [0.2, 0.25) is 0 Å². The summed E-state index contributed by atoms with van der Waals surface area (Å²) in [5.74, 6) is 0.264. The molecule has 0 saturated carbocycles. The van der Waals surface area contributed by atoms with Gasteiger partial charge in [0.25, 0.3) is 0 Å². The molecule has 80 valence electrons. The van der Waals surface area contributed by atoms with Gasteiger partial charge in [-0.2, -0.15) is 0 Å². The summed E-state index contributed by atoms with van der Waals surface area (Å²) in [7, 11) is 0. The van der Waals surface area contributed by atoms with Crippen LogP contribution in [0.4, 0.5) is 0 Å². The van der Waals surface area contributed by atoms with Crippen LogP contribution in [-0.2, 0) is 0 Å². The van der Waals surface area contributed by atoms with E-state index < -0.39 is 0 Å². The first-order chi connectivity index (χ1) is 6.24. The van der Waals surface area contributed by atoms with Gasteiger partial charge in [0.05, 0.1) is 5.38 Å². The second-order valence-corrected chi connectivity index (χ2v) is 3.40. The second kappa shape index (κ2) is 6.93. The van der Waals surface area contributed by atoms with Crippen LogP contribution in [-0.4, -0.2) is 18.2 Å². The van der Waals surface area contributed by atoms with Gasteiger partial charge in [-0.1, -0.05) is 19.1 Å². The maximum absolute atomic E-state index is 9.21. The smallest absolute Gasteiger partial charge is 0.115 e. The third-order valence-corrected chi connectivity index (χ3v) is 2.21. The van der Waals surface area contributed by atoms with Gasteiger partial charge in [0, 0.05) is 6.54 Å². The number of phenols is 1. The number of alkyl halides is 1. The predicted octanol–water partition coefficient (Wildman–Crippen LogP) is 2.70. The Hall–Kier alpha value is -0.440. The van der Waals surface area contributed by atoms with Crippen molar-refractivity contribution in [3.05, 3.63) is 29.8 Å². The van der Waals surface area contributed by atoms with Gasteiger partial charge in [0.15, 0.2) is 0 Å². The van der Waals surface area contributed by atoms with Gasteiger partial charge >= 0.3 is 0 Å². The van der Waals surface area contributed by atoms with E-state index in [2.05, 4.69) is 5.32 Å². The molecule has 0 amide bonds. The van der Waals surface area contributed by atoms with Crippen molar-refractivity contribution in [2.24, 2.45) is 0 Å². The fourth-order valence-corrected chi connectivity index (χ4v) is 1.35. The van der Waals surface area contributed by atoms with Crippen molar-refractivity contribution in [3.63, 3.8) is 0 Å². The second-order valence-electron chi connectivity index (χ2n) is 2.87. The first-order valence-corrected chi connectivity index (χ1v) is 4.81. The van der Waals surface area contributed by atoms with Crippen LogP contribution < -0.4 is 5.32 Å². The van der Waals surface area contributed by atoms with Crippen LogP contribution in [0.3, 0.4) is 0 Å². The summed E-state index contributed by atoms with van der Waals surface area (Å²) >= 11 is 6.08. The van der Waals surface area contributed by atoms with Crippen LogP contribution in [0.15, 0.2) is 24.3 Å². The average Bonchev–Trinajstić information content (AvgIpc) is 2.14. The summed E-state index contributed by atoms with van der Waals surface area (Å²) in [5, 5.41) is 12.3. The van der Waals surface area contributed by atoms with Crippen LogP contribution in [0, 0.1) is 0 Å². The van der Waals surface area contributed by atoms with E-state index in [-0.39, 0.29) is 23.5 Å². The van der Waals surface area contributed by atoms with Crippen molar-refractivity contribution in [2.75, 3.05) is 13.1 Å². The molecule has 0 aliphatic heterocycles. The van der Waals surface area contributed by atoms with Gasteiger partial charge in [-0.05, 0) is 24.2 Å². The molecule has 1 aromatic carbocycles. The summed E-state index contributed by atoms with van der Waals surface area (Å²) in [6.45, 7) is 3.66. The van der Waals surface area contributed by atoms with E-state index in [1.165, 1.54) is 0 Å². The number of benzene rings is 1. The number of phenolic OH excluding ortho intramolecular Hbond substituents is 1. The van der Waals surface area contributed by atoms with Crippen LogP contribution >= 0.6 is 24.0 Å². The lowest BCUT2D eigenvalue weighted by Crippen LogP contribution is -2.18. The Morgan fingerprint density at radius 2 is 2.21 bits per heavy atom. The first-order valence-electron chi connectivity index (χ1n) is 4.37. The summed E-state index contributed by atoms with van der Waals surface area (Å²) in [6, 6.07) is 7.04. The lowest BCUT2D eigenvalue weighted by Gasteiger charge is -2.09. The molecule has 0 saturated heterocycles. The zero-order valence-corrected chi connectivity index (χ0v) is 9.61. The van der Waals surface area contributed by atoms with Crippen molar-refractivity contribution >= 4 is 24.0 Å². The zero-order chi connectivity index (χ0) is 9.68. The number of hydrogen-bond acceptors (Lipinski definition) is 2. The topological polar surface area (TPSA) is 32.3 Å². The number of rotatable bonds is 4. The molecule has 0 radical (unpaired) electrons. The van der Waals surface area contributed by atoms with Crippen molar-refractivity contribution in [2.45, 2.75) is 12.3 Å². The van der Waals surface area contributed by atoms with E-state index in [9.17, 15) is 5.11 Å². The minimum Gasteiger partial charge on any atom is -0.508 e. The molecule has 1 unspecified atom stereocenters. The van der Waals surface area contributed by atoms with E-state index in [0.717, 1.165) is 18.7 Å². The number of aromatic hydroxyl groups is 1. The summed E-state index contributed by atoms with van der Waals surface area (Å²) in [6.07, 6.45) is 0. The van der Waals surface area contributed by atoms with Gasteiger partial charge in [-0.3, -0.25) is 0 Å². The molecule has 0 bridgehead atoms. The Kier molecular flexibility index (Phi) is 6.71. The molecular weight excluding hydrogens is 221 g/mol. The van der Waals surface area contributed by atoms with Crippen LogP contribution in [0.2, 0.25) is 0 Å². The Morgan fingerprint density at radius 1 is 1.50 bits per heavy atom. The highest BCUT2D eigenvalue weighted by atomic mass is 35.5. The fourth-order valence-electron chi connectivity index (χ4n) is 1.11. The lowest BCUT2D eigenvalue weighted by atomic mass is 10.1. The quantitative estimate of drug-likeness (QED) is 0.788. The highest BCUT2D eigenvalue weighted by Gasteiger charge is 2.06. The van der Waals surface area contributed by atoms with Crippen molar-refractivity contribution < 1.29 is 5.11 Å². The van der Waals surface area contributed by atoms with Crippen LogP contribution in [0.5, 0.6) is 5.75 Å². The van der Waals surface area contributed by atoms with Gasteiger partial charge in [-0.15, -0.1) is 24.0 Å². The van der Waals surface area contributed by atoms with Crippen LogP contribution in [0.1, 0.15) is 17.9 Å². The molecule has 0 fully saturated rings. The molecule has 1 rings (SSSR count). The van der Waals surface area contributed by atoms with E-state index >= 15 is 0 Å². The monoisotopic (exact) mass is 235 g/mol. The molecule has 2 nitrogen and oxygen atoms in total. The highest BCUT2D eigenvalue weighted by molar-refractivity contribution is 6.21. The number of hydrogen-bond donors (Lipinski definition) is 2. The Balaban J connectivity index is 0.00000169. The maximum atomic E-state index is 9.21. The first kappa shape index (κ1) is 13.6. The van der Waals surface area contributed by atoms with Crippen molar-refractivity contribution in [3.8, 4) is 5.75 Å². The minimum atomic E-state index is -0.0768. The maximum Gasteiger partial charge on any atom is 0.115 e.